The second-order valence-electron chi connectivity index (χ2n) is 4.35. The minimum atomic E-state index is -0.142. The third kappa shape index (κ3) is 2.93. The Bertz CT molecular complexity index is 327. The lowest BCUT2D eigenvalue weighted by Gasteiger charge is -2.29. The highest BCUT2D eigenvalue weighted by Gasteiger charge is 2.17. The zero-order chi connectivity index (χ0) is 11.4. The third-order valence-electron chi connectivity index (χ3n) is 3.13. The Morgan fingerprint density at radius 2 is 2.25 bits per heavy atom. The number of Topliss-reactive ketones (excluding diaryl/α,β-unsaturated/α-hetero) is 1. The molecule has 0 saturated carbocycles. The van der Waals surface area contributed by atoms with Crippen molar-refractivity contribution in [3.8, 4) is 0 Å². The summed E-state index contributed by atoms with van der Waals surface area (Å²) in [5, 5.41) is 9.36. The van der Waals surface area contributed by atoms with Gasteiger partial charge in [0.2, 0.25) is 0 Å². The zero-order valence-corrected chi connectivity index (χ0v) is 9.35. The highest BCUT2D eigenvalue weighted by atomic mass is 16.3. The molecule has 88 valence electrons. The summed E-state index contributed by atoms with van der Waals surface area (Å²) in [6.07, 6.45) is 5.59. The first kappa shape index (κ1) is 11.4. The molecular formula is C12H18N2O2. The van der Waals surface area contributed by atoms with Crippen molar-refractivity contribution in [2.24, 2.45) is 0 Å². The lowest BCUT2D eigenvalue weighted by molar-refractivity contribution is 0.0778. The van der Waals surface area contributed by atoms with Gasteiger partial charge in [-0.25, -0.2) is 0 Å². The van der Waals surface area contributed by atoms with Gasteiger partial charge in [0.25, 0.3) is 0 Å². The molecule has 0 unspecified atom stereocenters. The first-order valence-corrected chi connectivity index (χ1v) is 5.82. The van der Waals surface area contributed by atoms with Crippen LogP contribution in [0.15, 0.2) is 18.5 Å². The molecule has 1 aromatic rings. The number of aromatic nitrogens is 1. The standard InChI is InChI=1S/C12H18N2O2/c15-11-2-6-14(7-3-11)8-4-12(16)10-1-5-13-9-10/h1,5,9,11,13,15H,2-4,6-8H2. The molecule has 0 aliphatic carbocycles. The van der Waals surface area contributed by atoms with E-state index in [1.54, 1.807) is 12.4 Å². The van der Waals surface area contributed by atoms with E-state index in [4.69, 9.17) is 0 Å². The van der Waals surface area contributed by atoms with Crippen LogP contribution in [0.2, 0.25) is 0 Å². The zero-order valence-electron chi connectivity index (χ0n) is 9.35. The van der Waals surface area contributed by atoms with Crippen LogP contribution in [0.25, 0.3) is 0 Å². The summed E-state index contributed by atoms with van der Waals surface area (Å²) in [7, 11) is 0. The largest absolute Gasteiger partial charge is 0.393 e. The van der Waals surface area contributed by atoms with Gasteiger partial charge in [0.05, 0.1) is 6.10 Å². The molecule has 0 aromatic carbocycles. The molecular weight excluding hydrogens is 204 g/mol. The van der Waals surface area contributed by atoms with Gasteiger partial charge in [0.15, 0.2) is 5.78 Å². The van der Waals surface area contributed by atoms with Crippen LogP contribution in [-0.4, -0.2) is 46.5 Å². The number of carbonyl (C=O) groups excluding carboxylic acids is 1. The molecule has 2 rings (SSSR count). The molecule has 4 heteroatoms. The molecule has 0 amide bonds. The van der Waals surface area contributed by atoms with Crippen LogP contribution in [0.4, 0.5) is 0 Å². The number of rotatable bonds is 4. The summed E-state index contributed by atoms with van der Waals surface area (Å²) in [6.45, 7) is 2.61. The van der Waals surface area contributed by atoms with E-state index in [9.17, 15) is 9.90 Å². The quantitative estimate of drug-likeness (QED) is 0.748. The lowest BCUT2D eigenvalue weighted by Crippen LogP contribution is -2.37. The maximum atomic E-state index is 11.7. The van der Waals surface area contributed by atoms with E-state index < -0.39 is 0 Å². The molecule has 1 aliphatic rings. The Morgan fingerprint density at radius 1 is 1.50 bits per heavy atom. The smallest absolute Gasteiger partial charge is 0.165 e. The fourth-order valence-corrected chi connectivity index (χ4v) is 2.04. The number of hydrogen-bond donors (Lipinski definition) is 2. The number of nitrogens with one attached hydrogen (secondary N) is 1. The van der Waals surface area contributed by atoms with E-state index in [-0.39, 0.29) is 11.9 Å². The number of aliphatic hydroxyl groups excluding tert-OH is 1. The second-order valence-corrected chi connectivity index (χ2v) is 4.35. The van der Waals surface area contributed by atoms with Gasteiger partial charge in [0.1, 0.15) is 0 Å². The van der Waals surface area contributed by atoms with Crippen molar-refractivity contribution in [1.29, 1.82) is 0 Å². The van der Waals surface area contributed by atoms with Gasteiger partial charge in [-0.2, -0.15) is 0 Å². The summed E-state index contributed by atoms with van der Waals surface area (Å²) in [5.74, 6) is 0.187. The van der Waals surface area contributed by atoms with Crippen LogP contribution in [-0.2, 0) is 0 Å². The molecule has 2 heterocycles. The van der Waals surface area contributed by atoms with Crippen LogP contribution in [0.3, 0.4) is 0 Å². The average Bonchev–Trinajstić information content (AvgIpc) is 2.81. The van der Waals surface area contributed by atoms with Crippen molar-refractivity contribution in [2.45, 2.75) is 25.4 Å². The molecule has 1 fully saturated rings. The Hall–Kier alpha value is -1.13. The lowest BCUT2D eigenvalue weighted by atomic mass is 10.1. The van der Waals surface area contributed by atoms with Crippen molar-refractivity contribution in [3.63, 3.8) is 0 Å². The molecule has 1 aromatic heterocycles. The molecule has 0 spiro atoms. The van der Waals surface area contributed by atoms with E-state index in [2.05, 4.69) is 9.88 Å². The van der Waals surface area contributed by atoms with Crippen molar-refractivity contribution in [2.75, 3.05) is 19.6 Å². The number of ketones is 1. The third-order valence-corrected chi connectivity index (χ3v) is 3.13. The van der Waals surface area contributed by atoms with Crippen molar-refractivity contribution in [3.05, 3.63) is 24.0 Å². The number of nitrogens with zero attached hydrogens (tertiary/aromatic N) is 1. The Balaban J connectivity index is 1.73. The summed E-state index contributed by atoms with van der Waals surface area (Å²) in [5.41, 5.74) is 0.761. The van der Waals surface area contributed by atoms with Crippen LogP contribution in [0.1, 0.15) is 29.6 Å². The van der Waals surface area contributed by atoms with Gasteiger partial charge in [-0.3, -0.25) is 4.79 Å². The SMILES string of the molecule is O=C(CCN1CCC(O)CC1)c1cc[nH]c1. The van der Waals surface area contributed by atoms with E-state index in [0.717, 1.165) is 38.0 Å². The maximum Gasteiger partial charge on any atom is 0.165 e. The summed E-state index contributed by atoms with van der Waals surface area (Å²) in [4.78, 5) is 16.9. The van der Waals surface area contributed by atoms with E-state index in [1.165, 1.54) is 0 Å². The molecule has 1 saturated heterocycles. The first-order chi connectivity index (χ1) is 7.75. The van der Waals surface area contributed by atoms with Crippen LogP contribution in [0, 0.1) is 0 Å². The minimum absolute atomic E-state index is 0.142. The first-order valence-electron chi connectivity index (χ1n) is 5.82. The molecule has 0 radical (unpaired) electrons. The Morgan fingerprint density at radius 3 is 2.88 bits per heavy atom. The maximum absolute atomic E-state index is 11.7. The number of likely N-dealkylation sites (tertiary alicyclic amines) is 1. The highest BCUT2D eigenvalue weighted by Crippen LogP contribution is 2.11. The van der Waals surface area contributed by atoms with Crippen LogP contribution >= 0.6 is 0 Å². The number of hydrogen-bond acceptors (Lipinski definition) is 3. The summed E-state index contributed by atoms with van der Waals surface area (Å²) in [6, 6.07) is 1.81. The number of aromatic amines is 1. The fourth-order valence-electron chi connectivity index (χ4n) is 2.04. The molecule has 2 N–H and O–H groups in total. The molecule has 4 nitrogen and oxygen atoms in total. The molecule has 0 atom stereocenters. The number of piperidine rings is 1. The second kappa shape index (κ2) is 5.27. The van der Waals surface area contributed by atoms with Gasteiger partial charge >= 0.3 is 0 Å². The normalized spacial score (nSPS) is 18.8. The van der Waals surface area contributed by atoms with Gasteiger partial charge in [-0.15, -0.1) is 0 Å². The van der Waals surface area contributed by atoms with E-state index in [1.807, 2.05) is 6.07 Å². The monoisotopic (exact) mass is 222 g/mol. The number of aliphatic hydroxyl groups is 1. The highest BCUT2D eigenvalue weighted by molar-refractivity contribution is 5.95. The molecule has 0 bridgehead atoms. The number of carbonyl (C=O) groups is 1. The van der Waals surface area contributed by atoms with Crippen LogP contribution < -0.4 is 0 Å². The Labute approximate surface area is 95.3 Å². The predicted molar refractivity (Wildman–Crippen MR) is 61.4 cm³/mol. The van der Waals surface area contributed by atoms with Crippen molar-refractivity contribution in [1.82, 2.24) is 9.88 Å². The van der Waals surface area contributed by atoms with Gasteiger partial charge in [0, 0.05) is 44.0 Å². The Kier molecular flexibility index (Phi) is 3.74. The van der Waals surface area contributed by atoms with Crippen molar-refractivity contribution >= 4 is 5.78 Å². The topological polar surface area (TPSA) is 56.3 Å². The number of H-pyrrole nitrogens is 1. The van der Waals surface area contributed by atoms with Gasteiger partial charge in [-0.05, 0) is 18.9 Å². The minimum Gasteiger partial charge on any atom is -0.393 e. The summed E-state index contributed by atoms with van der Waals surface area (Å²) < 4.78 is 0. The summed E-state index contributed by atoms with van der Waals surface area (Å²) >= 11 is 0. The van der Waals surface area contributed by atoms with Crippen molar-refractivity contribution < 1.29 is 9.90 Å². The predicted octanol–water partition coefficient (Wildman–Crippen LogP) is 1.04. The molecule has 16 heavy (non-hydrogen) atoms. The van der Waals surface area contributed by atoms with Crippen LogP contribution in [0.5, 0.6) is 0 Å². The molecule has 1 aliphatic heterocycles. The van der Waals surface area contributed by atoms with Gasteiger partial charge < -0.3 is 15.0 Å². The average molecular weight is 222 g/mol. The fraction of sp³-hybridized carbons (Fsp3) is 0.583. The van der Waals surface area contributed by atoms with E-state index >= 15 is 0 Å². The van der Waals surface area contributed by atoms with Gasteiger partial charge in [-0.1, -0.05) is 0 Å². The van der Waals surface area contributed by atoms with E-state index in [0.29, 0.717) is 6.42 Å².